The predicted molar refractivity (Wildman–Crippen MR) is 124 cm³/mol. The quantitative estimate of drug-likeness (QED) is 0.142. The first kappa shape index (κ1) is 29.9. The van der Waals surface area contributed by atoms with Crippen molar-refractivity contribution >= 4 is 11.9 Å². The molecule has 31 heavy (non-hydrogen) atoms. The standard InChI is InChI=1S/C25H48O6/c1-4-5-6-13-16-24(31-23(2)26)17-14-11-9-7-8-10-12-15-18-25(27)30-22-21-29-20-19-28-3/h24H,4-22H2,1-3H3. The molecule has 0 amide bonds. The highest BCUT2D eigenvalue weighted by atomic mass is 16.6. The van der Waals surface area contributed by atoms with Crippen molar-refractivity contribution in [2.45, 2.75) is 116 Å². The average molecular weight is 445 g/mol. The van der Waals surface area contributed by atoms with Gasteiger partial charge in [0.25, 0.3) is 0 Å². The van der Waals surface area contributed by atoms with E-state index in [2.05, 4.69) is 6.92 Å². The number of methoxy groups -OCH3 is 1. The zero-order valence-electron chi connectivity index (χ0n) is 20.5. The Balaban J connectivity index is 3.48. The monoisotopic (exact) mass is 444 g/mol. The van der Waals surface area contributed by atoms with Gasteiger partial charge >= 0.3 is 11.9 Å². The Bertz CT molecular complexity index is 413. The third kappa shape index (κ3) is 23.4. The van der Waals surface area contributed by atoms with E-state index in [4.69, 9.17) is 18.9 Å². The molecule has 0 bridgehead atoms. The Hall–Kier alpha value is -1.14. The van der Waals surface area contributed by atoms with Gasteiger partial charge in [-0.2, -0.15) is 0 Å². The minimum absolute atomic E-state index is 0.103. The number of carbonyl (C=O) groups is 2. The molecule has 0 aromatic rings. The Morgan fingerprint density at radius 1 is 0.710 bits per heavy atom. The Morgan fingerprint density at radius 2 is 1.26 bits per heavy atom. The van der Waals surface area contributed by atoms with Gasteiger partial charge in [-0.3, -0.25) is 9.59 Å². The molecule has 0 spiro atoms. The van der Waals surface area contributed by atoms with Crippen molar-refractivity contribution in [3.8, 4) is 0 Å². The fraction of sp³-hybridized carbons (Fsp3) is 0.920. The summed E-state index contributed by atoms with van der Waals surface area (Å²) in [7, 11) is 1.63. The second-order valence-corrected chi connectivity index (χ2v) is 8.27. The maximum absolute atomic E-state index is 11.6. The topological polar surface area (TPSA) is 71.1 Å². The maximum atomic E-state index is 11.6. The van der Waals surface area contributed by atoms with Gasteiger partial charge in [0.05, 0.1) is 19.8 Å². The maximum Gasteiger partial charge on any atom is 0.305 e. The third-order valence-corrected chi connectivity index (χ3v) is 5.29. The molecule has 0 aliphatic rings. The summed E-state index contributed by atoms with van der Waals surface area (Å²) in [5.74, 6) is -0.285. The minimum atomic E-state index is -0.153. The summed E-state index contributed by atoms with van der Waals surface area (Å²) < 4.78 is 20.7. The largest absolute Gasteiger partial charge is 0.463 e. The van der Waals surface area contributed by atoms with E-state index in [1.54, 1.807) is 7.11 Å². The van der Waals surface area contributed by atoms with E-state index >= 15 is 0 Å². The molecule has 0 N–H and O–H groups in total. The van der Waals surface area contributed by atoms with Crippen LogP contribution in [0.2, 0.25) is 0 Å². The van der Waals surface area contributed by atoms with Crippen LogP contribution in [0.1, 0.15) is 110 Å². The highest BCUT2D eigenvalue weighted by Crippen LogP contribution is 2.17. The summed E-state index contributed by atoms with van der Waals surface area (Å²) in [6.07, 6.45) is 16.6. The van der Waals surface area contributed by atoms with Gasteiger partial charge in [-0.05, 0) is 32.1 Å². The van der Waals surface area contributed by atoms with Crippen molar-refractivity contribution in [2.24, 2.45) is 0 Å². The van der Waals surface area contributed by atoms with E-state index in [1.807, 2.05) is 0 Å². The fourth-order valence-electron chi connectivity index (χ4n) is 3.53. The number of rotatable bonds is 23. The first-order chi connectivity index (χ1) is 15.1. The highest BCUT2D eigenvalue weighted by Gasteiger charge is 2.11. The molecule has 1 atom stereocenters. The van der Waals surface area contributed by atoms with Gasteiger partial charge in [0.1, 0.15) is 12.7 Å². The second-order valence-electron chi connectivity index (χ2n) is 8.27. The second kappa shape index (κ2) is 23.5. The van der Waals surface area contributed by atoms with Crippen LogP contribution < -0.4 is 0 Å². The predicted octanol–water partition coefficient (Wildman–Crippen LogP) is 6.00. The summed E-state index contributed by atoms with van der Waals surface area (Å²) in [5, 5.41) is 0. The summed E-state index contributed by atoms with van der Waals surface area (Å²) >= 11 is 0. The van der Waals surface area contributed by atoms with Crippen LogP contribution in [0.3, 0.4) is 0 Å². The Morgan fingerprint density at radius 3 is 1.84 bits per heavy atom. The molecule has 0 radical (unpaired) electrons. The molecule has 0 rings (SSSR count). The molecule has 0 heterocycles. The summed E-state index contributed by atoms with van der Waals surface area (Å²) in [6.45, 7) is 5.55. The van der Waals surface area contributed by atoms with E-state index in [0.29, 0.717) is 32.8 Å². The molecular formula is C25H48O6. The summed E-state index contributed by atoms with van der Waals surface area (Å²) in [5.41, 5.74) is 0. The van der Waals surface area contributed by atoms with E-state index in [9.17, 15) is 9.59 Å². The van der Waals surface area contributed by atoms with Crippen molar-refractivity contribution in [3.63, 3.8) is 0 Å². The molecule has 1 unspecified atom stereocenters. The number of hydrogen-bond acceptors (Lipinski definition) is 6. The zero-order valence-corrected chi connectivity index (χ0v) is 20.5. The molecule has 0 aromatic carbocycles. The van der Waals surface area contributed by atoms with Gasteiger partial charge in [0.2, 0.25) is 0 Å². The SMILES string of the molecule is CCCCCCC(CCCCCCCCCCC(=O)OCCOCCOC)OC(C)=O. The molecule has 0 saturated carbocycles. The lowest BCUT2D eigenvalue weighted by atomic mass is 10.0. The van der Waals surface area contributed by atoms with Gasteiger partial charge in [0, 0.05) is 20.5 Å². The first-order valence-corrected chi connectivity index (χ1v) is 12.5. The Kier molecular flexibility index (Phi) is 22.7. The van der Waals surface area contributed by atoms with Crippen molar-refractivity contribution in [1.29, 1.82) is 0 Å². The first-order valence-electron chi connectivity index (χ1n) is 12.5. The highest BCUT2D eigenvalue weighted by molar-refractivity contribution is 5.69. The Labute approximate surface area is 190 Å². The van der Waals surface area contributed by atoms with Crippen LogP contribution in [0.5, 0.6) is 0 Å². The number of ether oxygens (including phenoxy) is 4. The van der Waals surface area contributed by atoms with Crippen molar-refractivity contribution in [3.05, 3.63) is 0 Å². The van der Waals surface area contributed by atoms with Gasteiger partial charge in [-0.15, -0.1) is 0 Å². The van der Waals surface area contributed by atoms with Crippen LogP contribution in [-0.2, 0) is 28.5 Å². The molecule has 6 nitrogen and oxygen atoms in total. The lowest BCUT2D eigenvalue weighted by Crippen LogP contribution is -2.16. The van der Waals surface area contributed by atoms with E-state index in [1.165, 1.54) is 58.3 Å². The van der Waals surface area contributed by atoms with Crippen LogP contribution in [0.25, 0.3) is 0 Å². The van der Waals surface area contributed by atoms with Crippen LogP contribution >= 0.6 is 0 Å². The summed E-state index contributed by atoms with van der Waals surface area (Å²) in [6, 6.07) is 0. The van der Waals surface area contributed by atoms with Crippen molar-refractivity contribution in [1.82, 2.24) is 0 Å². The van der Waals surface area contributed by atoms with Crippen molar-refractivity contribution in [2.75, 3.05) is 33.5 Å². The van der Waals surface area contributed by atoms with Crippen LogP contribution in [0.4, 0.5) is 0 Å². The summed E-state index contributed by atoms with van der Waals surface area (Å²) in [4.78, 5) is 22.9. The molecule has 0 aromatic heterocycles. The smallest absolute Gasteiger partial charge is 0.305 e. The van der Waals surface area contributed by atoms with E-state index in [-0.39, 0.29) is 18.0 Å². The van der Waals surface area contributed by atoms with Crippen LogP contribution in [0, 0.1) is 0 Å². The molecule has 0 aliphatic carbocycles. The van der Waals surface area contributed by atoms with Crippen LogP contribution in [0.15, 0.2) is 0 Å². The molecular weight excluding hydrogens is 396 g/mol. The number of esters is 2. The zero-order chi connectivity index (χ0) is 23.0. The van der Waals surface area contributed by atoms with Crippen molar-refractivity contribution < 1.29 is 28.5 Å². The fourth-order valence-corrected chi connectivity index (χ4v) is 3.53. The lowest BCUT2D eigenvalue weighted by Gasteiger charge is -2.17. The van der Waals surface area contributed by atoms with Gasteiger partial charge in [0.15, 0.2) is 0 Å². The molecule has 6 heteroatoms. The van der Waals surface area contributed by atoms with Gasteiger partial charge < -0.3 is 18.9 Å². The molecule has 0 fully saturated rings. The third-order valence-electron chi connectivity index (χ3n) is 5.29. The number of carbonyl (C=O) groups excluding carboxylic acids is 2. The normalized spacial score (nSPS) is 12.0. The lowest BCUT2D eigenvalue weighted by molar-refractivity contribution is -0.147. The molecule has 0 aliphatic heterocycles. The molecule has 184 valence electrons. The molecule has 0 saturated heterocycles. The number of unbranched alkanes of at least 4 members (excludes halogenated alkanes) is 10. The number of hydrogen-bond donors (Lipinski definition) is 0. The van der Waals surface area contributed by atoms with E-state index in [0.717, 1.165) is 38.5 Å². The van der Waals surface area contributed by atoms with Gasteiger partial charge in [-0.25, -0.2) is 0 Å². The van der Waals surface area contributed by atoms with Crippen LogP contribution in [-0.4, -0.2) is 51.6 Å². The van der Waals surface area contributed by atoms with Gasteiger partial charge in [-0.1, -0.05) is 64.7 Å². The van der Waals surface area contributed by atoms with E-state index < -0.39 is 0 Å². The minimum Gasteiger partial charge on any atom is -0.463 e. The average Bonchev–Trinajstić information content (AvgIpc) is 2.74.